The summed E-state index contributed by atoms with van der Waals surface area (Å²) in [6, 6.07) is 5.41. The number of carbonyl (C=O) groups excluding carboxylic acids is 1. The van der Waals surface area contributed by atoms with E-state index >= 15 is 0 Å². The predicted octanol–water partition coefficient (Wildman–Crippen LogP) is 4.57. The Morgan fingerprint density at radius 1 is 1.10 bits per heavy atom. The lowest BCUT2D eigenvalue weighted by Crippen LogP contribution is -2.33. The molecule has 2 N–H and O–H groups in total. The molecule has 1 aliphatic rings. The van der Waals surface area contributed by atoms with Gasteiger partial charge in [0.05, 0.1) is 10.0 Å². The van der Waals surface area contributed by atoms with Crippen LogP contribution in [0.5, 0.6) is 0 Å². The average molecular weight is 473 g/mol. The Morgan fingerprint density at radius 3 is 2.16 bits per heavy atom. The summed E-state index contributed by atoms with van der Waals surface area (Å²) >= 11 is 12.1. The fourth-order valence-electron chi connectivity index (χ4n) is 3.23. The van der Waals surface area contributed by atoms with Crippen molar-refractivity contribution in [1.82, 2.24) is 4.90 Å². The molecule has 1 fully saturated rings. The van der Waals surface area contributed by atoms with Crippen LogP contribution >= 0.6 is 23.2 Å². The van der Waals surface area contributed by atoms with Gasteiger partial charge in [0.15, 0.2) is 0 Å². The van der Waals surface area contributed by atoms with Crippen molar-refractivity contribution in [3.63, 3.8) is 0 Å². The highest BCUT2D eigenvalue weighted by molar-refractivity contribution is 6.42. The Labute approximate surface area is 193 Å². The Hall–Kier alpha value is -2.09. The summed E-state index contributed by atoms with van der Waals surface area (Å²) in [5.74, 6) is -1.66. The SMILES string of the molecule is CCCN(C(=O)CCC1CCN(C)CC1)c1ccc(Cl)c(Cl)c1.O=C(O)/C=C/C(=O)O. The summed E-state index contributed by atoms with van der Waals surface area (Å²) in [6.45, 7) is 5.08. The first kappa shape index (κ1) is 26.9. The number of amides is 1. The van der Waals surface area contributed by atoms with Gasteiger partial charge < -0.3 is 20.0 Å². The lowest BCUT2D eigenvalue weighted by Gasteiger charge is -2.29. The third-order valence-electron chi connectivity index (χ3n) is 4.94. The van der Waals surface area contributed by atoms with Crippen LogP contribution in [0.1, 0.15) is 39.0 Å². The minimum atomic E-state index is -1.26. The molecule has 0 aromatic heterocycles. The van der Waals surface area contributed by atoms with Crippen LogP contribution in [0.3, 0.4) is 0 Å². The van der Waals surface area contributed by atoms with E-state index < -0.39 is 11.9 Å². The van der Waals surface area contributed by atoms with Crippen molar-refractivity contribution in [3.05, 3.63) is 40.4 Å². The second kappa shape index (κ2) is 14.1. The van der Waals surface area contributed by atoms with Gasteiger partial charge in [0.25, 0.3) is 0 Å². The minimum Gasteiger partial charge on any atom is -0.478 e. The van der Waals surface area contributed by atoms with E-state index in [0.717, 1.165) is 31.6 Å². The summed E-state index contributed by atoms with van der Waals surface area (Å²) in [5.41, 5.74) is 0.842. The van der Waals surface area contributed by atoms with Crippen LogP contribution in [0.25, 0.3) is 0 Å². The predicted molar refractivity (Wildman–Crippen MR) is 123 cm³/mol. The normalized spacial score (nSPS) is 14.7. The molecule has 172 valence electrons. The zero-order valence-electron chi connectivity index (χ0n) is 17.9. The molecule has 1 heterocycles. The Morgan fingerprint density at radius 2 is 1.68 bits per heavy atom. The van der Waals surface area contributed by atoms with Gasteiger partial charge in [-0.2, -0.15) is 0 Å². The van der Waals surface area contributed by atoms with Gasteiger partial charge in [-0.25, -0.2) is 9.59 Å². The van der Waals surface area contributed by atoms with E-state index in [0.29, 0.717) is 41.1 Å². The molecule has 0 spiro atoms. The van der Waals surface area contributed by atoms with E-state index in [-0.39, 0.29) is 5.91 Å². The third-order valence-corrected chi connectivity index (χ3v) is 5.68. The lowest BCUT2D eigenvalue weighted by atomic mass is 9.92. The molecule has 0 saturated carbocycles. The molecule has 1 aromatic rings. The standard InChI is InChI=1S/C18H26Cl2N2O.C4H4O4/c1-3-10-22(15-5-6-16(19)17(20)13-15)18(23)7-4-14-8-11-21(2)12-9-14;5-3(6)1-2-4(7)8/h5-6,13-14H,3-4,7-12H2,1-2H3;1-2H,(H,5,6)(H,7,8)/b;2-1+. The topological polar surface area (TPSA) is 98.2 Å². The number of rotatable bonds is 8. The summed E-state index contributed by atoms with van der Waals surface area (Å²) < 4.78 is 0. The van der Waals surface area contributed by atoms with E-state index in [1.807, 2.05) is 11.0 Å². The zero-order chi connectivity index (χ0) is 23.4. The van der Waals surface area contributed by atoms with Gasteiger partial charge in [-0.1, -0.05) is 30.1 Å². The first-order valence-electron chi connectivity index (χ1n) is 10.2. The molecule has 0 atom stereocenters. The minimum absolute atomic E-state index is 0.184. The van der Waals surface area contributed by atoms with Crippen molar-refractivity contribution < 1.29 is 24.6 Å². The molecule has 1 aliphatic heterocycles. The molecule has 7 nitrogen and oxygen atoms in total. The fourth-order valence-corrected chi connectivity index (χ4v) is 3.52. The van der Waals surface area contributed by atoms with Crippen LogP contribution in [-0.2, 0) is 14.4 Å². The molecule has 0 aliphatic carbocycles. The maximum absolute atomic E-state index is 12.7. The number of halogens is 2. The van der Waals surface area contributed by atoms with Crippen LogP contribution in [0, 0.1) is 5.92 Å². The lowest BCUT2D eigenvalue weighted by molar-refractivity contribution is -0.134. The first-order valence-corrected chi connectivity index (χ1v) is 11.0. The Kier molecular flexibility index (Phi) is 12.2. The van der Waals surface area contributed by atoms with Crippen molar-refractivity contribution in [2.24, 2.45) is 5.92 Å². The highest BCUT2D eigenvalue weighted by Gasteiger charge is 2.20. The second-order valence-corrected chi connectivity index (χ2v) is 8.25. The van der Waals surface area contributed by atoms with Crippen LogP contribution in [0.4, 0.5) is 5.69 Å². The number of benzene rings is 1. The van der Waals surface area contributed by atoms with Gasteiger partial charge in [-0.15, -0.1) is 0 Å². The quantitative estimate of drug-likeness (QED) is 0.537. The Balaban J connectivity index is 0.000000512. The van der Waals surface area contributed by atoms with E-state index in [1.54, 1.807) is 12.1 Å². The number of hydrogen-bond donors (Lipinski definition) is 2. The zero-order valence-corrected chi connectivity index (χ0v) is 19.4. The molecule has 0 radical (unpaired) electrons. The second-order valence-electron chi connectivity index (χ2n) is 7.44. The van der Waals surface area contributed by atoms with Crippen molar-refractivity contribution in [1.29, 1.82) is 0 Å². The molecule has 31 heavy (non-hydrogen) atoms. The number of carbonyl (C=O) groups is 3. The summed E-state index contributed by atoms with van der Waals surface area (Å²) in [4.78, 5) is 36.0. The van der Waals surface area contributed by atoms with Gasteiger partial charge in [0.1, 0.15) is 0 Å². The highest BCUT2D eigenvalue weighted by Crippen LogP contribution is 2.28. The van der Waals surface area contributed by atoms with E-state index in [2.05, 4.69) is 18.9 Å². The molecule has 1 saturated heterocycles. The van der Waals surface area contributed by atoms with Gasteiger partial charge in [0, 0.05) is 30.8 Å². The number of carboxylic acids is 2. The van der Waals surface area contributed by atoms with Gasteiger partial charge in [0.2, 0.25) is 5.91 Å². The van der Waals surface area contributed by atoms with Crippen LogP contribution in [-0.4, -0.2) is 59.6 Å². The number of carboxylic acid groups (broad SMARTS) is 2. The summed E-state index contributed by atoms with van der Waals surface area (Å²) in [5, 5.41) is 16.6. The number of aliphatic carboxylic acids is 2. The van der Waals surface area contributed by atoms with Crippen LogP contribution < -0.4 is 4.90 Å². The highest BCUT2D eigenvalue weighted by atomic mass is 35.5. The fraction of sp³-hybridized carbons (Fsp3) is 0.500. The summed E-state index contributed by atoms with van der Waals surface area (Å²) in [6.07, 6.45) is 6.02. The average Bonchev–Trinajstić information content (AvgIpc) is 2.72. The molecule has 1 aromatic carbocycles. The largest absolute Gasteiger partial charge is 0.478 e. The Bertz CT molecular complexity index is 761. The van der Waals surface area contributed by atoms with Crippen molar-refractivity contribution in [2.45, 2.75) is 39.0 Å². The summed E-state index contributed by atoms with van der Waals surface area (Å²) in [7, 11) is 2.16. The monoisotopic (exact) mass is 472 g/mol. The molecule has 1 amide bonds. The van der Waals surface area contributed by atoms with Crippen molar-refractivity contribution in [3.8, 4) is 0 Å². The van der Waals surface area contributed by atoms with E-state index in [9.17, 15) is 14.4 Å². The number of nitrogens with zero attached hydrogens (tertiary/aromatic N) is 2. The number of piperidine rings is 1. The van der Waals surface area contributed by atoms with Gasteiger partial charge >= 0.3 is 11.9 Å². The van der Waals surface area contributed by atoms with Gasteiger partial charge in [-0.05, 0) is 69.9 Å². The van der Waals surface area contributed by atoms with E-state index in [1.165, 1.54) is 12.8 Å². The number of hydrogen-bond acceptors (Lipinski definition) is 4. The molecular weight excluding hydrogens is 443 g/mol. The molecular formula is C22H30Cl2N2O5. The van der Waals surface area contributed by atoms with Crippen molar-refractivity contribution >= 4 is 46.7 Å². The molecule has 0 unspecified atom stereocenters. The molecule has 0 bridgehead atoms. The maximum atomic E-state index is 12.7. The molecule has 9 heteroatoms. The molecule has 2 rings (SSSR count). The van der Waals surface area contributed by atoms with Crippen LogP contribution in [0.15, 0.2) is 30.4 Å². The maximum Gasteiger partial charge on any atom is 0.328 e. The number of anilines is 1. The van der Waals surface area contributed by atoms with Crippen LogP contribution in [0.2, 0.25) is 10.0 Å². The van der Waals surface area contributed by atoms with Gasteiger partial charge in [-0.3, -0.25) is 4.79 Å². The smallest absolute Gasteiger partial charge is 0.328 e. The van der Waals surface area contributed by atoms with E-state index in [4.69, 9.17) is 33.4 Å². The number of likely N-dealkylation sites (tertiary alicyclic amines) is 1. The first-order chi connectivity index (χ1) is 14.6. The third kappa shape index (κ3) is 10.7. The van der Waals surface area contributed by atoms with Crippen molar-refractivity contribution in [2.75, 3.05) is 31.6 Å².